The van der Waals surface area contributed by atoms with E-state index in [1.54, 1.807) is 0 Å². The molecular formula is C12H19NO2. The van der Waals surface area contributed by atoms with Crippen molar-refractivity contribution in [2.24, 2.45) is 0 Å². The largest absolute Gasteiger partial charge is 0.454 e. The molecule has 0 unspecified atom stereocenters. The van der Waals surface area contributed by atoms with Crippen LogP contribution in [-0.4, -0.2) is 20.4 Å². The van der Waals surface area contributed by atoms with Crippen LogP contribution in [0, 0.1) is 0 Å². The first-order chi connectivity index (χ1) is 7.31. The van der Waals surface area contributed by atoms with Crippen LogP contribution >= 0.6 is 0 Å². The lowest BCUT2D eigenvalue weighted by atomic mass is 10.1. The van der Waals surface area contributed by atoms with Crippen molar-refractivity contribution in [3.8, 4) is 11.5 Å². The molecule has 3 nitrogen and oxygen atoms in total. The van der Waals surface area contributed by atoms with Gasteiger partial charge in [-0.1, -0.05) is 19.9 Å². The zero-order valence-corrected chi connectivity index (χ0v) is 9.67. The maximum atomic E-state index is 5.22. The number of benzene rings is 1. The van der Waals surface area contributed by atoms with Gasteiger partial charge in [0.05, 0.1) is 0 Å². The van der Waals surface area contributed by atoms with Gasteiger partial charge in [0.1, 0.15) is 0 Å². The number of rotatable bonds is 2. The Hall–Kier alpha value is -1.22. The fourth-order valence-electron chi connectivity index (χ4n) is 1.16. The molecule has 0 fully saturated rings. The summed E-state index contributed by atoms with van der Waals surface area (Å²) >= 11 is 0. The van der Waals surface area contributed by atoms with Crippen molar-refractivity contribution in [1.82, 2.24) is 5.32 Å². The highest BCUT2D eigenvalue weighted by molar-refractivity contribution is 5.44. The van der Waals surface area contributed by atoms with Crippen LogP contribution < -0.4 is 14.8 Å². The Morgan fingerprint density at radius 2 is 1.87 bits per heavy atom. The second kappa shape index (κ2) is 6.30. The average Bonchev–Trinajstić information content (AvgIpc) is 2.76. The molecular weight excluding hydrogens is 190 g/mol. The fraction of sp³-hybridized carbons (Fsp3) is 0.500. The van der Waals surface area contributed by atoms with E-state index in [0.717, 1.165) is 24.5 Å². The molecule has 0 aliphatic carbocycles. The molecule has 0 saturated carbocycles. The van der Waals surface area contributed by atoms with E-state index in [1.165, 1.54) is 5.56 Å². The van der Waals surface area contributed by atoms with Gasteiger partial charge in [0, 0.05) is 0 Å². The molecule has 3 heteroatoms. The third-order valence-electron chi connectivity index (χ3n) is 2.20. The zero-order chi connectivity index (χ0) is 11.1. The van der Waals surface area contributed by atoms with Crippen LogP contribution in [-0.2, 0) is 6.42 Å². The van der Waals surface area contributed by atoms with Gasteiger partial charge in [0.25, 0.3) is 0 Å². The summed E-state index contributed by atoms with van der Waals surface area (Å²) in [5, 5.41) is 2.93. The number of hydrogen-bond donors (Lipinski definition) is 1. The van der Waals surface area contributed by atoms with Gasteiger partial charge < -0.3 is 14.8 Å². The lowest BCUT2D eigenvalue weighted by Gasteiger charge is -1.97. The summed E-state index contributed by atoms with van der Waals surface area (Å²) < 4.78 is 10.4. The molecule has 0 aromatic heterocycles. The van der Waals surface area contributed by atoms with Gasteiger partial charge in [0.2, 0.25) is 6.79 Å². The molecule has 84 valence electrons. The van der Waals surface area contributed by atoms with Crippen molar-refractivity contribution in [1.29, 1.82) is 0 Å². The van der Waals surface area contributed by atoms with E-state index in [4.69, 9.17) is 9.47 Å². The van der Waals surface area contributed by atoms with Crippen LogP contribution in [0.5, 0.6) is 11.5 Å². The second-order valence-electron chi connectivity index (χ2n) is 3.25. The molecule has 1 N–H and O–H groups in total. The first-order valence-electron chi connectivity index (χ1n) is 5.34. The Bertz CT molecular complexity index is 298. The number of hydrogen-bond acceptors (Lipinski definition) is 3. The third-order valence-corrected chi connectivity index (χ3v) is 2.20. The normalized spacial score (nSPS) is 11.9. The van der Waals surface area contributed by atoms with E-state index in [0.29, 0.717) is 6.79 Å². The monoisotopic (exact) mass is 209 g/mol. The summed E-state index contributed by atoms with van der Waals surface area (Å²) in [6.07, 6.45) is 1.04. The number of nitrogens with one attached hydrogen (secondary N) is 1. The molecule has 0 saturated heterocycles. The van der Waals surface area contributed by atoms with Crippen molar-refractivity contribution in [2.75, 3.05) is 20.4 Å². The molecule has 1 aromatic rings. The van der Waals surface area contributed by atoms with E-state index in [-0.39, 0.29) is 0 Å². The lowest BCUT2D eigenvalue weighted by molar-refractivity contribution is 0.174. The van der Waals surface area contributed by atoms with Crippen LogP contribution in [0.2, 0.25) is 0 Å². The lowest BCUT2D eigenvalue weighted by Crippen LogP contribution is -2.01. The number of aryl methyl sites for hydroxylation is 1. The smallest absolute Gasteiger partial charge is 0.231 e. The molecule has 1 aromatic carbocycles. The van der Waals surface area contributed by atoms with Crippen LogP contribution in [0.1, 0.15) is 19.4 Å². The van der Waals surface area contributed by atoms with E-state index in [9.17, 15) is 0 Å². The minimum atomic E-state index is 0.364. The summed E-state index contributed by atoms with van der Waals surface area (Å²) in [5.41, 5.74) is 1.29. The Balaban J connectivity index is 0.000000245. The molecule has 0 atom stereocenters. The highest BCUT2D eigenvalue weighted by Gasteiger charge is 2.11. The minimum Gasteiger partial charge on any atom is -0.454 e. The fourth-order valence-corrected chi connectivity index (χ4v) is 1.16. The molecule has 1 heterocycles. The van der Waals surface area contributed by atoms with Gasteiger partial charge in [-0.25, -0.2) is 0 Å². The van der Waals surface area contributed by atoms with Crippen molar-refractivity contribution in [3.05, 3.63) is 23.8 Å². The first-order valence-corrected chi connectivity index (χ1v) is 5.34. The van der Waals surface area contributed by atoms with Gasteiger partial charge >= 0.3 is 0 Å². The van der Waals surface area contributed by atoms with E-state index in [1.807, 2.05) is 19.2 Å². The number of fused-ring (bicyclic) bond motifs is 1. The number of ether oxygens (including phenoxy) is 2. The molecule has 0 radical (unpaired) electrons. The molecule has 1 aliphatic heterocycles. The quantitative estimate of drug-likeness (QED) is 0.810. The van der Waals surface area contributed by atoms with E-state index in [2.05, 4.69) is 25.2 Å². The van der Waals surface area contributed by atoms with Crippen molar-refractivity contribution < 1.29 is 9.47 Å². The zero-order valence-electron chi connectivity index (χ0n) is 9.67. The van der Waals surface area contributed by atoms with Gasteiger partial charge in [-0.15, -0.1) is 0 Å². The molecule has 1 aliphatic rings. The summed E-state index contributed by atoms with van der Waals surface area (Å²) in [6, 6.07) is 6.05. The van der Waals surface area contributed by atoms with Crippen LogP contribution in [0.15, 0.2) is 18.2 Å². The maximum absolute atomic E-state index is 5.22. The van der Waals surface area contributed by atoms with Gasteiger partial charge in [-0.05, 0) is 37.7 Å². The summed E-state index contributed by atoms with van der Waals surface area (Å²) in [7, 11) is 1.93. The van der Waals surface area contributed by atoms with Gasteiger partial charge in [0.15, 0.2) is 11.5 Å². The van der Waals surface area contributed by atoms with Crippen molar-refractivity contribution in [3.63, 3.8) is 0 Å². The van der Waals surface area contributed by atoms with E-state index < -0.39 is 0 Å². The van der Waals surface area contributed by atoms with Crippen molar-refractivity contribution in [2.45, 2.75) is 20.3 Å². The molecule has 0 spiro atoms. The van der Waals surface area contributed by atoms with Crippen LogP contribution in [0.3, 0.4) is 0 Å². The summed E-state index contributed by atoms with van der Waals surface area (Å²) in [4.78, 5) is 0. The molecule has 0 amide bonds. The summed E-state index contributed by atoms with van der Waals surface area (Å²) in [6.45, 7) is 5.63. The molecule has 15 heavy (non-hydrogen) atoms. The summed E-state index contributed by atoms with van der Waals surface area (Å²) in [5.74, 6) is 1.74. The van der Waals surface area contributed by atoms with E-state index >= 15 is 0 Å². The van der Waals surface area contributed by atoms with Crippen LogP contribution in [0.25, 0.3) is 0 Å². The highest BCUT2D eigenvalue weighted by atomic mass is 16.7. The topological polar surface area (TPSA) is 30.5 Å². The Morgan fingerprint density at radius 1 is 1.20 bits per heavy atom. The Kier molecular flexibility index (Phi) is 4.98. The van der Waals surface area contributed by atoms with Gasteiger partial charge in [-0.3, -0.25) is 0 Å². The Labute approximate surface area is 91.4 Å². The minimum absolute atomic E-state index is 0.364. The molecule has 2 rings (SSSR count). The highest BCUT2D eigenvalue weighted by Crippen LogP contribution is 2.32. The third kappa shape index (κ3) is 3.44. The standard InChI is InChI=1S/C9H10O2.C3H9N/c1-2-7-3-4-8-9(5-7)11-6-10-8;1-3-4-2/h3-5H,2,6H2,1H3;4H,3H2,1-2H3. The first kappa shape index (κ1) is 11.9. The predicted octanol–water partition coefficient (Wildman–Crippen LogP) is 2.20. The molecule has 0 bridgehead atoms. The average molecular weight is 209 g/mol. The van der Waals surface area contributed by atoms with Crippen molar-refractivity contribution >= 4 is 0 Å². The SMILES string of the molecule is CCNC.CCc1ccc2c(c1)OCO2. The van der Waals surface area contributed by atoms with Gasteiger partial charge in [-0.2, -0.15) is 0 Å². The predicted molar refractivity (Wildman–Crippen MR) is 61.5 cm³/mol. The second-order valence-corrected chi connectivity index (χ2v) is 3.25. The maximum Gasteiger partial charge on any atom is 0.231 e. The Morgan fingerprint density at radius 3 is 2.47 bits per heavy atom. The van der Waals surface area contributed by atoms with Crippen LogP contribution in [0.4, 0.5) is 0 Å².